The topological polar surface area (TPSA) is 113 Å². The number of likely N-dealkylation sites (N-methyl/N-ethyl adjacent to an activating group) is 1. The van der Waals surface area contributed by atoms with Gasteiger partial charge in [-0.1, -0.05) is 24.5 Å². The van der Waals surface area contributed by atoms with Crippen LogP contribution in [-0.4, -0.2) is 62.6 Å². The fraction of sp³-hybridized carbons (Fsp3) is 0.600. The summed E-state index contributed by atoms with van der Waals surface area (Å²) in [7, 11) is 1.54. The van der Waals surface area contributed by atoms with E-state index in [1.165, 1.54) is 4.90 Å². The number of aliphatic hydroxyl groups is 1. The maximum Gasteiger partial charge on any atom is 0.248 e. The summed E-state index contributed by atoms with van der Waals surface area (Å²) < 4.78 is 7.01. The minimum atomic E-state index is -0.706. The Balaban J connectivity index is 1.65. The number of rotatable bonds is 5. The Kier molecular flexibility index (Phi) is 5.66. The van der Waals surface area contributed by atoms with Gasteiger partial charge in [-0.15, -0.1) is 5.10 Å². The molecule has 2 N–H and O–H groups in total. The monoisotopic (exact) mass is 401 g/mol. The van der Waals surface area contributed by atoms with Crippen molar-refractivity contribution in [3.8, 4) is 11.5 Å². The van der Waals surface area contributed by atoms with Gasteiger partial charge in [0.05, 0.1) is 18.6 Å². The molecule has 9 nitrogen and oxygen atoms in total. The van der Waals surface area contributed by atoms with Crippen molar-refractivity contribution in [2.45, 2.75) is 56.7 Å². The molecule has 0 spiro atoms. The summed E-state index contributed by atoms with van der Waals surface area (Å²) in [6.45, 7) is 0.153. The molecule has 0 bridgehead atoms. The number of nitrogens with zero attached hydrogens (tertiary/aromatic N) is 4. The van der Waals surface area contributed by atoms with Crippen molar-refractivity contribution in [2.24, 2.45) is 5.92 Å². The summed E-state index contributed by atoms with van der Waals surface area (Å²) in [5.74, 6) is 0.265. The van der Waals surface area contributed by atoms with Gasteiger partial charge in [-0.3, -0.25) is 9.59 Å². The summed E-state index contributed by atoms with van der Waals surface area (Å²) >= 11 is 0. The number of β-amino-alcohol motifs (C(OH)–C–C–N with tert-alkyl or cyclic N) is 1. The van der Waals surface area contributed by atoms with Crippen LogP contribution in [0.5, 0.6) is 0 Å². The first-order valence-corrected chi connectivity index (χ1v) is 10.2. The largest absolute Gasteiger partial charge is 0.463 e. The van der Waals surface area contributed by atoms with Gasteiger partial charge in [-0.05, 0) is 30.9 Å². The van der Waals surface area contributed by atoms with E-state index in [0.717, 1.165) is 32.1 Å². The van der Waals surface area contributed by atoms with Crippen LogP contribution >= 0.6 is 0 Å². The van der Waals surface area contributed by atoms with Crippen molar-refractivity contribution >= 4 is 11.8 Å². The fourth-order valence-corrected chi connectivity index (χ4v) is 4.57. The Morgan fingerprint density at radius 2 is 2.10 bits per heavy atom. The van der Waals surface area contributed by atoms with E-state index < -0.39 is 18.2 Å². The van der Waals surface area contributed by atoms with Crippen LogP contribution in [0.25, 0.3) is 11.5 Å². The van der Waals surface area contributed by atoms with E-state index in [-0.39, 0.29) is 30.7 Å². The predicted octanol–water partition coefficient (Wildman–Crippen LogP) is 1.37. The molecule has 0 aromatic carbocycles. The highest BCUT2D eigenvalue weighted by atomic mass is 16.3. The van der Waals surface area contributed by atoms with Crippen LogP contribution in [0.4, 0.5) is 0 Å². The molecule has 2 fully saturated rings. The number of likely N-dealkylation sites (tertiary alicyclic amines) is 1. The Bertz CT molecular complexity index is 843. The van der Waals surface area contributed by atoms with Crippen LogP contribution in [0.15, 0.2) is 29.0 Å². The van der Waals surface area contributed by atoms with Crippen molar-refractivity contribution in [3.05, 3.63) is 24.6 Å². The van der Waals surface area contributed by atoms with E-state index in [1.54, 1.807) is 36.3 Å². The number of hydrogen-bond donors (Lipinski definition) is 2. The molecule has 1 aliphatic heterocycles. The molecule has 1 saturated carbocycles. The number of aliphatic hydroxyl groups excluding tert-OH is 1. The van der Waals surface area contributed by atoms with Gasteiger partial charge >= 0.3 is 0 Å². The molecule has 2 aliphatic rings. The quantitative estimate of drug-likeness (QED) is 0.782. The molecule has 2 aromatic heterocycles. The average molecular weight is 401 g/mol. The van der Waals surface area contributed by atoms with Gasteiger partial charge in [0, 0.05) is 20.0 Å². The van der Waals surface area contributed by atoms with E-state index in [1.807, 2.05) is 0 Å². The lowest BCUT2D eigenvalue weighted by molar-refractivity contribution is -0.143. The predicted molar refractivity (Wildman–Crippen MR) is 104 cm³/mol. The van der Waals surface area contributed by atoms with Gasteiger partial charge in [0.15, 0.2) is 5.76 Å². The molecule has 29 heavy (non-hydrogen) atoms. The molecular formula is C20H27N5O4. The Morgan fingerprint density at radius 1 is 1.31 bits per heavy atom. The molecule has 1 unspecified atom stereocenters. The normalized spacial score (nSPS) is 23.9. The highest BCUT2D eigenvalue weighted by Gasteiger charge is 2.44. The van der Waals surface area contributed by atoms with Crippen LogP contribution in [0.3, 0.4) is 0 Å². The maximum atomic E-state index is 13.6. The lowest BCUT2D eigenvalue weighted by atomic mass is 9.83. The van der Waals surface area contributed by atoms with E-state index >= 15 is 0 Å². The number of aromatic nitrogens is 3. The summed E-state index contributed by atoms with van der Waals surface area (Å²) in [5.41, 5.74) is 0.563. The summed E-state index contributed by atoms with van der Waals surface area (Å²) in [6, 6.07) is 2.35. The van der Waals surface area contributed by atoms with Crippen LogP contribution in [-0.2, 0) is 9.59 Å². The van der Waals surface area contributed by atoms with Crippen LogP contribution in [0.1, 0.15) is 44.6 Å². The number of furan rings is 1. The number of amides is 2. The van der Waals surface area contributed by atoms with Gasteiger partial charge in [-0.2, -0.15) is 0 Å². The van der Waals surface area contributed by atoms with Crippen molar-refractivity contribution in [2.75, 3.05) is 13.6 Å². The molecule has 156 valence electrons. The van der Waals surface area contributed by atoms with Crippen molar-refractivity contribution in [1.29, 1.82) is 0 Å². The average Bonchev–Trinajstić information content (AvgIpc) is 3.49. The maximum absolute atomic E-state index is 13.6. The molecule has 3 atom stereocenters. The summed E-state index contributed by atoms with van der Waals surface area (Å²) in [6.07, 6.45) is 7.98. The second-order valence-electron chi connectivity index (χ2n) is 7.91. The van der Waals surface area contributed by atoms with Crippen molar-refractivity contribution < 1.29 is 19.1 Å². The van der Waals surface area contributed by atoms with Crippen LogP contribution in [0.2, 0.25) is 0 Å². The lowest BCUT2D eigenvalue weighted by Crippen LogP contribution is -2.49. The Hall–Kier alpha value is -2.68. The van der Waals surface area contributed by atoms with Gasteiger partial charge < -0.3 is 19.7 Å². The van der Waals surface area contributed by atoms with E-state index in [9.17, 15) is 14.7 Å². The highest BCUT2D eigenvalue weighted by Crippen LogP contribution is 2.36. The first kappa shape index (κ1) is 19.6. The van der Waals surface area contributed by atoms with E-state index in [0.29, 0.717) is 11.5 Å². The first-order chi connectivity index (χ1) is 14.1. The molecule has 1 saturated heterocycles. The minimum absolute atomic E-state index is 0.116. The summed E-state index contributed by atoms with van der Waals surface area (Å²) in [5, 5.41) is 21.2. The van der Waals surface area contributed by atoms with Gasteiger partial charge in [0.2, 0.25) is 11.8 Å². The second-order valence-corrected chi connectivity index (χ2v) is 7.91. The number of nitrogens with one attached hydrogen (secondary N) is 1. The standard InChI is InChI=1S/C20H27N5O4/c1-21-19(27)16-10-14(26)11-24(16)20(28)18(13-6-3-2-4-7-13)25-12-15(22-23-25)17-8-5-9-29-17/h5,8-9,12-14,16,18,26H,2-4,6-7,10-11H2,1H3,(H,21,27)/t14-,16+,18?/m1/s1. The van der Waals surface area contributed by atoms with Gasteiger partial charge in [0.1, 0.15) is 17.8 Å². The molecule has 4 rings (SSSR count). The summed E-state index contributed by atoms with van der Waals surface area (Å²) in [4.78, 5) is 27.5. The number of carbonyl (C=O) groups excluding carboxylic acids is 2. The van der Waals surface area contributed by atoms with Crippen molar-refractivity contribution in [3.63, 3.8) is 0 Å². The molecule has 1 aliphatic carbocycles. The Morgan fingerprint density at radius 3 is 2.79 bits per heavy atom. The molecule has 9 heteroatoms. The third kappa shape index (κ3) is 3.91. The second kappa shape index (κ2) is 8.36. The fourth-order valence-electron chi connectivity index (χ4n) is 4.57. The molecule has 2 amide bonds. The molecule has 3 heterocycles. The SMILES string of the molecule is CNC(=O)[C@@H]1C[C@@H](O)CN1C(=O)C(C1CCCCC1)n1cc(-c2ccco2)nn1. The first-order valence-electron chi connectivity index (χ1n) is 10.2. The highest BCUT2D eigenvalue weighted by molar-refractivity contribution is 5.90. The third-order valence-electron chi connectivity index (χ3n) is 6.03. The van der Waals surface area contributed by atoms with E-state index in [4.69, 9.17) is 4.42 Å². The molecule has 2 aromatic rings. The molecule has 0 radical (unpaired) electrons. The van der Waals surface area contributed by atoms with E-state index in [2.05, 4.69) is 15.6 Å². The third-order valence-corrected chi connectivity index (χ3v) is 6.03. The van der Waals surface area contributed by atoms with Gasteiger partial charge in [0.25, 0.3) is 0 Å². The Labute approximate surface area is 169 Å². The number of carbonyl (C=O) groups is 2. The smallest absolute Gasteiger partial charge is 0.248 e. The molecular weight excluding hydrogens is 374 g/mol. The van der Waals surface area contributed by atoms with Crippen molar-refractivity contribution in [1.82, 2.24) is 25.2 Å². The van der Waals surface area contributed by atoms with Gasteiger partial charge in [-0.25, -0.2) is 4.68 Å². The zero-order valence-electron chi connectivity index (χ0n) is 16.5. The lowest BCUT2D eigenvalue weighted by Gasteiger charge is -2.33. The number of hydrogen-bond acceptors (Lipinski definition) is 6. The minimum Gasteiger partial charge on any atom is -0.463 e. The zero-order chi connectivity index (χ0) is 20.4. The zero-order valence-corrected chi connectivity index (χ0v) is 16.5. The van der Waals surface area contributed by atoms with Crippen LogP contribution in [0, 0.1) is 5.92 Å². The van der Waals surface area contributed by atoms with Crippen LogP contribution < -0.4 is 5.32 Å².